The number of hydrogen-bond donors (Lipinski definition) is 2. The van der Waals surface area contributed by atoms with Crippen LogP contribution in [0.2, 0.25) is 0 Å². The first kappa shape index (κ1) is 13.4. The van der Waals surface area contributed by atoms with E-state index in [-0.39, 0.29) is 5.91 Å². The van der Waals surface area contributed by atoms with E-state index in [0.717, 1.165) is 0 Å². The lowest BCUT2D eigenvalue weighted by atomic mass is 9.94. The first-order valence-electron chi connectivity index (χ1n) is 5.81. The molecular weight excluding hydrogens is 208 g/mol. The molecular formula is C11H22N2O3. The second kappa shape index (κ2) is 6.18. The van der Waals surface area contributed by atoms with Crippen LogP contribution in [0.15, 0.2) is 0 Å². The smallest absolute Gasteiger partial charge is 0.222 e. The summed E-state index contributed by atoms with van der Waals surface area (Å²) in [6, 6.07) is 0. The summed E-state index contributed by atoms with van der Waals surface area (Å²) in [7, 11) is 1.73. The molecule has 0 aromatic rings. The summed E-state index contributed by atoms with van der Waals surface area (Å²) in [6.07, 6.45) is 2.35. The number of carbonyl (C=O) groups is 1. The first-order chi connectivity index (χ1) is 7.57. The van der Waals surface area contributed by atoms with Gasteiger partial charge in [-0.05, 0) is 13.0 Å². The molecule has 1 rings (SSSR count). The highest BCUT2D eigenvalue weighted by molar-refractivity contribution is 5.75. The molecule has 0 spiro atoms. The average Bonchev–Trinajstić information content (AvgIpc) is 2.26. The Morgan fingerprint density at radius 3 is 2.69 bits per heavy atom. The molecule has 1 fully saturated rings. The van der Waals surface area contributed by atoms with Crippen molar-refractivity contribution in [3.63, 3.8) is 0 Å². The number of ether oxygens (including phenoxy) is 1. The van der Waals surface area contributed by atoms with Crippen molar-refractivity contribution in [1.29, 1.82) is 0 Å². The molecule has 0 radical (unpaired) electrons. The summed E-state index contributed by atoms with van der Waals surface area (Å²) in [5.74, 6) is 0.0466. The molecule has 0 aliphatic carbocycles. The number of nitrogens with zero attached hydrogens (tertiary/aromatic N) is 1. The van der Waals surface area contributed by atoms with Gasteiger partial charge in [-0.3, -0.25) is 4.79 Å². The van der Waals surface area contributed by atoms with E-state index in [1.807, 2.05) is 0 Å². The fraction of sp³-hybridized carbons (Fsp3) is 0.909. The van der Waals surface area contributed by atoms with Gasteiger partial charge in [-0.1, -0.05) is 0 Å². The molecule has 1 saturated heterocycles. The number of likely N-dealkylation sites (N-methyl/N-ethyl adjacent to an activating group) is 1. The van der Waals surface area contributed by atoms with Crippen molar-refractivity contribution in [2.24, 2.45) is 5.73 Å². The van der Waals surface area contributed by atoms with Crippen LogP contribution in [0, 0.1) is 0 Å². The van der Waals surface area contributed by atoms with Crippen LogP contribution in [0.5, 0.6) is 0 Å². The Morgan fingerprint density at radius 2 is 2.12 bits per heavy atom. The third kappa shape index (κ3) is 4.08. The van der Waals surface area contributed by atoms with Crippen molar-refractivity contribution >= 4 is 5.91 Å². The van der Waals surface area contributed by atoms with E-state index in [4.69, 9.17) is 10.5 Å². The predicted molar refractivity (Wildman–Crippen MR) is 60.9 cm³/mol. The number of carbonyl (C=O) groups excluding carboxylic acids is 1. The predicted octanol–water partition coefficient (Wildman–Crippen LogP) is -0.275. The SMILES string of the molecule is CN(CC1(O)CCOCC1)C(=O)CCCN. The molecule has 16 heavy (non-hydrogen) atoms. The zero-order chi connectivity index (χ0) is 12.0. The molecule has 1 heterocycles. The monoisotopic (exact) mass is 230 g/mol. The number of nitrogens with two attached hydrogens (primary N) is 1. The van der Waals surface area contributed by atoms with Gasteiger partial charge < -0.3 is 20.5 Å². The van der Waals surface area contributed by atoms with Gasteiger partial charge in [0.15, 0.2) is 0 Å². The minimum Gasteiger partial charge on any atom is -0.388 e. The molecule has 5 nitrogen and oxygen atoms in total. The highest BCUT2D eigenvalue weighted by Crippen LogP contribution is 2.21. The molecule has 0 aromatic heterocycles. The van der Waals surface area contributed by atoms with Crippen molar-refractivity contribution in [2.75, 3.05) is 33.4 Å². The summed E-state index contributed by atoms with van der Waals surface area (Å²) in [4.78, 5) is 13.2. The van der Waals surface area contributed by atoms with E-state index in [9.17, 15) is 9.90 Å². The second-order valence-corrected chi connectivity index (χ2v) is 4.48. The van der Waals surface area contributed by atoms with Crippen LogP contribution < -0.4 is 5.73 Å². The van der Waals surface area contributed by atoms with Crippen LogP contribution in [0.1, 0.15) is 25.7 Å². The topological polar surface area (TPSA) is 75.8 Å². The first-order valence-corrected chi connectivity index (χ1v) is 5.81. The lowest BCUT2D eigenvalue weighted by Gasteiger charge is -2.35. The van der Waals surface area contributed by atoms with Crippen molar-refractivity contribution in [3.05, 3.63) is 0 Å². The van der Waals surface area contributed by atoms with Gasteiger partial charge in [0.2, 0.25) is 5.91 Å². The Kier molecular flexibility index (Phi) is 5.18. The summed E-state index contributed by atoms with van der Waals surface area (Å²) < 4.78 is 5.19. The fourth-order valence-electron chi connectivity index (χ4n) is 1.88. The third-order valence-electron chi connectivity index (χ3n) is 2.98. The van der Waals surface area contributed by atoms with E-state index in [1.165, 1.54) is 0 Å². The lowest BCUT2D eigenvalue weighted by Crippen LogP contribution is -2.47. The maximum atomic E-state index is 11.6. The van der Waals surface area contributed by atoms with Crippen molar-refractivity contribution in [1.82, 2.24) is 4.90 Å². The van der Waals surface area contributed by atoms with Crippen LogP contribution in [-0.2, 0) is 9.53 Å². The van der Waals surface area contributed by atoms with Crippen LogP contribution in [0.3, 0.4) is 0 Å². The van der Waals surface area contributed by atoms with E-state index in [0.29, 0.717) is 52.0 Å². The molecule has 0 bridgehead atoms. The van der Waals surface area contributed by atoms with Gasteiger partial charge in [0, 0.05) is 46.1 Å². The van der Waals surface area contributed by atoms with Gasteiger partial charge in [0.1, 0.15) is 0 Å². The van der Waals surface area contributed by atoms with Gasteiger partial charge in [0.25, 0.3) is 0 Å². The number of amides is 1. The van der Waals surface area contributed by atoms with Crippen molar-refractivity contribution in [2.45, 2.75) is 31.3 Å². The average molecular weight is 230 g/mol. The third-order valence-corrected chi connectivity index (χ3v) is 2.98. The van der Waals surface area contributed by atoms with Crippen LogP contribution in [0.25, 0.3) is 0 Å². The second-order valence-electron chi connectivity index (χ2n) is 4.48. The van der Waals surface area contributed by atoms with E-state index in [1.54, 1.807) is 11.9 Å². The number of rotatable bonds is 5. The largest absolute Gasteiger partial charge is 0.388 e. The van der Waals surface area contributed by atoms with E-state index in [2.05, 4.69) is 0 Å². The summed E-state index contributed by atoms with van der Waals surface area (Å²) in [5.41, 5.74) is 4.58. The standard InChI is InChI=1S/C11H22N2O3/c1-13(10(14)3-2-6-12)9-11(15)4-7-16-8-5-11/h15H,2-9,12H2,1H3. The molecule has 0 unspecified atom stereocenters. The normalized spacial score (nSPS) is 19.4. The molecule has 0 aromatic carbocycles. The van der Waals surface area contributed by atoms with Gasteiger partial charge >= 0.3 is 0 Å². The molecule has 0 saturated carbocycles. The molecule has 0 atom stereocenters. The van der Waals surface area contributed by atoms with E-state index >= 15 is 0 Å². The molecule has 1 aliphatic heterocycles. The Labute approximate surface area is 96.6 Å². The maximum absolute atomic E-state index is 11.6. The Balaban J connectivity index is 2.36. The van der Waals surface area contributed by atoms with Gasteiger partial charge in [-0.15, -0.1) is 0 Å². The highest BCUT2D eigenvalue weighted by Gasteiger charge is 2.32. The molecule has 1 aliphatic rings. The Morgan fingerprint density at radius 1 is 1.50 bits per heavy atom. The molecule has 94 valence electrons. The van der Waals surface area contributed by atoms with Gasteiger partial charge in [-0.25, -0.2) is 0 Å². The van der Waals surface area contributed by atoms with Crippen LogP contribution in [-0.4, -0.2) is 54.9 Å². The summed E-state index contributed by atoms with van der Waals surface area (Å²) >= 11 is 0. The fourth-order valence-corrected chi connectivity index (χ4v) is 1.88. The van der Waals surface area contributed by atoms with Gasteiger partial charge in [0.05, 0.1) is 5.60 Å². The minimum atomic E-state index is -0.772. The molecule has 3 N–H and O–H groups in total. The summed E-state index contributed by atoms with van der Waals surface area (Å²) in [6.45, 7) is 2.06. The highest BCUT2D eigenvalue weighted by atomic mass is 16.5. The van der Waals surface area contributed by atoms with Gasteiger partial charge in [-0.2, -0.15) is 0 Å². The minimum absolute atomic E-state index is 0.0466. The van der Waals surface area contributed by atoms with Crippen LogP contribution in [0.4, 0.5) is 0 Å². The molecule has 5 heteroatoms. The quantitative estimate of drug-likeness (QED) is 0.681. The Bertz CT molecular complexity index is 227. The number of hydrogen-bond acceptors (Lipinski definition) is 4. The lowest BCUT2D eigenvalue weighted by molar-refractivity contribution is -0.136. The van der Waals surface area contributed by atoms with Crippen molar-refractivity contribution < 1.29 is 14.6 Å². The number of aliphatic hydroxyl groups is 1. The van der Waals surface area contributed by atoms with E-state index < -0.39 is 5.60 Å². The Hall–Kier alpha value is -0.650. The molecule has 1 amide bonds. The zero-order valence-corrected chi connectivity index (χ0v) is 9.95. The zero-order valence-electron chi connectivity index (χ0n) is 9.95. The summed E-state index contributed by atoms with van der Waals surface area (Å²) in [5, 5.41) is 10.2. The maximum Gasteiger partial charge on any atom is 0.222 e. The van der Waals surface area contributed by atoms with Crippen molar-refractivity contribution in [3.8, 4) is 0 Å². The van der Waals surface area contributed by atoms with Crippen LogP contribution >= 0.6 is 0 Å².